The molecule has 0 fully saturated rings. The summed E-state index contributed by atoms with van der Waals surface area (Å²) in [6.07, 6.45) is 4.00. The van der Waals surface area contributed by atoms with Crippen LogP contribution >= 0.6 is 0 Å². The van der Waals surface area contributed by atoms with Crippen molar-refractivity contribution in [3.63, 3.8) is 0 Å². The Labute approximate surface area is 360 Å². The fourth-order valence-corrected chi connectivity index (χ4v) is 9.62. The van der Waals surface area contributed by atoms with Crippen LogP contribution in [-0.2, 0) is 0 Å². The van der Waals surface area contributed by atoms with Gasteiger partial charge in [0.25, 0.3) is 0 Å². The SMILES string of the molecule is C1=CC2C(c3ccccc3N2c2ccc(-c3ccccc3)cc2)c2c1oc1cccc(C3=NC(c4cccc(-c5ccccc5)c4)N=C(c4cccc(-c5ccccc5)c4)N3)c21. The largest absolute Gasteiger partial charge is 0.456 e. The molecule has 12 rings (SSSR count). The zero-order chi connectivity index (χ0) is 41.0. The van der Waals surface area contributed by atoms with Crippen LogP contribution in [0.15, 0.2) is 227 Å². The number of hydrogen-bond acceptors (Lipinski definition) is 5. The zero-order valence-electron chi connectivity index (χ0n) is 33.8. The van der Waals surface area contributed by atoms with Gasteiger partial charge < -0.3 is 14.6 Å². The van der Waals surface area contributed by atoms with Gasteiger partial charge in [-0.2, -0.15) is 0 Å². The van der Waals surface area contributed by atoms with E-state index in [0.29, 0.717) is 0 Å². The van der Waals surface area contributed by atoms with Gasteiger partial charge in [-0.15, -0.1) is 0 Å². The van der Waals surface area contributed by atoms with Crippen LogP contribution in [0.25, 0.3) is 50.4 Å². The van der Waals surface area contributed by atoms with E-state index in [2.05, 4.69) is 229 Å². The topological polar surface area (TPSA) is 53.1 Å². The van der Waals surface area contributed by atoms with E-state index in [4.69, 9.17) is 14.4 Å². The molecule has 3 atom stereocenters. The van der Waals surface area contributed by atoms with Crippen molar-refractivity contribution in [3.05, 3.63) is 246 Å². The van der Waals surface area contributed by atoms with E-state index >= 15 is 0 Å². The lowest BCUT2D eigenvalue weighted by molar-refractivity contribution is 0.584. The lowest BCUT2D eigenvalue weighted by Crippen LogP contribution is -2.36. The van der Waals surface area contributed by atoms with Gasteiger partial charge in [0.15, 0.2) is 6.17 Å². The highest BCUT2D eigenvalue weighted by Gasteiger charge is 2.44. The first-order valence-corrected chi connectivity index (χ1v) is 21.2. The maximum Gasteiger partial charge on any atom is 0.169 e. The average Bonchev–Trinajstić information content (AvgIpc) is 3.91. The lowest BCUT2D eigenvalue weighted by Gasteiger charge is -2.30. The van der Waals surface area contributed by atoms with E-state index in [1.807, 2.05) is 0 Å². The first-order chi connectivity index (χ1) is 30.7. The number of furan rings is 1. The first-order valence-electron chi connectivity index (χ1n) is 21.2. The first kappa shape index (κ1) is 35.9. The number of para-hydroxylation sites is 1. The average molecular weight is 797 g/mol. The van der Waals surface area contributed by atoms with Crippen LogP contribution in [0.3, 0.4) is 0 Å². The summed E-state index contributed by atoms with van der Waals surface area (Å²) in [6.45, 7) is 0. The summed E-state index contributed by atoms with van der Waals surface area (Å²) in [6, 6.07) is 73.0. The van der Waals surface area contributed by atoms with Gasteiger partial charge in [-0.25, -0.2) is 9.98 Å². The van der Waals surface area contributed by atoms with Crippen molar-refractivity contribution in [1.82, 2.24) is 5.32 Å². The highest BCUT2D eigenvalue weighted by atomic mass is 16.3. The Bertz CT molecular complexity index is 3220. The summed E-state index contributed by atoms with van der Waals surface area (Å²) >= 11 is 0. The van der Waals surface area contributed by atoms with Crippen molar-refractivity contribution in [1.29, 1.82) is 0 Å². The molecule has 1 aliphatic carbocycles. The van der Waals surface area contributed by atoms with Gasteiger partial charge in [-0.3, -0.25) is 0 Å². The normalized spacial score (nSPS) is 17.4. The predicted molar refractivity (Wildman–Crippen MR) is 254 cm³/mol. The molecule has 3 heterocycles. The second-order valence-electron chi connectivity index (χ2n) is 16.1. The Balaban J connectivity index is 0.987. The molecule has 0 amide bonds. The summed E-state index contributed by atoms with van der Waals surface area (Å²) in [5, 5.41) is 4.83. The third-order valence-corrected chi connectivity index (χ3v) is 12.5. The third-order valence-electron chi connectivity index (χ3n) is 12.5. The molecule has 5 nitrogen and oxygen atoms in total. The third kappa shape index (κ3) is 6.17. The molecule has 294 valence electrons. The van der Waals surface area contributed by atoms with Gasteiger partial charge in [0, 0.05) is 39.4 Å². The minimum Gasteiger partial charge on any atom is -0.456 e. The van der Waals surface area contributed by atoms with Gasteiger partial charge in [-0.1, -0.05) is 176 Å². The second-order valence-corrected chi connectivity index (χ2v) is 16.1. The number of hydrogen-bond donors (Lipinski definition) is 1. The summed E-state index contributed by atoms with van der Waals surface area (Å²) in [4.78, 5) is 13.3. The van der Waals surface area contributed by atoms with Gasteiger partial charge in [0.1, 0.15) is 23.0 Å². The van der Waals surface area contributed by atoms with Crippen LogP contribution in [0.4, 0.5) is 11.4 Å². The molecule has 62 heavy (non-hydrogen) atoms. The second kappa shape index (κ2) is 14.9. The van der Waals surface area contributed by atoms with Gasteiger partial charge in [0.05, 0.1) is 6.04 Å². The summed E-state index contributed by atoms with van der Waals surface area (Å²) in [7, 11) is 0. The molecule has 9 aromatic rings. The number of aliphatic imine (C=N–C) groups is 2. The van der Waals surface area contributed by atoms with Gasteiger partial charge >= 0.3 is 0 Å². The minimum atomic E-state index is -0.488. The van der Waals surface area contributed by atoms with Crippen molar-refractivity contribution in [3.8, 4) is 33.4 Å². The van der Waals surface area contributed by atoms with Gasteiger partial charge in [-0.05, 0) is 87.0 Å². The lowest BCUT2D eigenvalue weighted by atomic mass is 9.81. The Hall–Kier alpha value is -8.02. The fourth-order valence-electron chi connectivity index (χ4n) is 9.62. The van der Waals surface area contributed by atoms with Crippen LogP contribution in [-0.4, -0.2) is 17.7 Å². The number of nitrogens with one attached hydrogen (secondary N) is 1. The van der Waals surface area contributed by atoms with E-state index in [-0.39, 0.29) is 12.0 Å². The molecule has 1 N–H and O–H groups in total. The van der Waals surface area contributed by atoms with Crippen molar-refractivity contribution < 1.29 is 4.42 Å². The van der Waals surface area contributed by atoms with Crippen LogP contribution < -0.4 is 10.2 Å². The summed E-state index contributed by atoms with van der Waals surface area (Å²) < 4.78 is 6.78. The van der Waals surface area contributed by atoms with Crippen LogP contribution in [0.1, 0.15) is 45.7 Å². The number of amidine groups is 2. The molecule has 0 radical (unpaired) electrons. The summed E-state index contributed by atoms with van der Waals surface area (Å²) in [5.74, 6) is 2.44. The Morgan fingerprint density at radius 1 is 0.484 bits per heavy atom. The molecule has 3 unspecified atom stereocenters. The number of benzene rings is 8. The molecule has 1 aromatic heterocycles. The van der Waals surface area contributed by atoms with E-state index in [1.165, 1.54) is 27.9 Å². The van der Waals surface area contributed by atoms with Crippen molar-refractivity contribution in [2.45, 2.75) is 18.1 Å². The number of rotatable bonds is 7. The highest BCUT2D eigenvalue weighted by molar-refractivity contribution is 6.20. The number of anilines is 2. The number of fused-ring (bicyclic) bond motifs is 7. The highest BCUT2D eigenvalue weighted by Crippen LogP contribution is 2.54. The van der Waals surface area contributed by atoms with E-state index < -0.39 is 6.17 Å². The predicted octanol–water partition coefficient (Wildman–Crippen LogP) is 13.6. The molecular formula is C57H40N4O. The number of nitrogens with zero attached hydrogens (tertiary/aromatic N) is 3. The van der Waals surface area contributed by atoms with E-state index in [9.17, 15) is 0 Å². The maximum absolute atomic E-state index is 6.78. The van der Waals surface area contributed by atoms with Crippen LogP contribution in [0, 0.1) is 0 Å². The molecule has 0 spiro atoms. The molecule has 2 aliphatic heterocycles. The standard InChI is InChI=1S/C57H40N4O/c1-4-15-37(16-5-1)40-29-31-45(32-30-40)61-48-27-11-10-25-46(48)52-49(61)33-34-51-54(52)53-47(26-14-28-50(53)62-51)57-59-55(43-23-12-21-41(35-43)38-17-6-2-7-18-38)58-56(60-57)44-24-13-22-42(36-44)39-19-8-3-9-20-39/h1-36,49,52,55H,(H,58,59,60). The maximum atomic E-state index is 6.78. The van der Waals surface area contributed by atoms with Crippen molar-refractivity contribution in [2.75, 3.05) is 4.90 Å². The Morgan fingerprint density at radius 3 is 1.81 bits per heavy atom. The molecule has 0 saturated heterocycles. The van der Waals surface area contributed by atoms with Crippen LogP contribution in [0.2, 0.25) is 0 Å². The molecule has 5 heteroatoms. The van der Waals surface area contributed by atoms with E-state index in [1.54, 1.807) is 0 Å². The molecule has 0 bridgehead atoms. The molecular weight excluding hydrogens is 757 g/mol. The summed E-state index contributed by atoms with van der Waals surface area (Å²) in [5.41, 5.74) is 15.6. The minimum absolute atomic E-state index is 0.0284. The molecule has 3 aliphatic rings. The Kier molecular flexibility index (Phi) is 8.63. The van der Waals surface area contributed by atoms with Crippen molar-refractivity contribution >= 4 is 40.1 Å². The smallest absolute Gasteiger partial charge is 0.169 e. The fraction of sp³-hybridized carbons (Fsp3) is 0.0526. The molecule has 0 saturated carbocycles. The molecule has 8 aromatic carbocycles. The quantitative estimate of drug-likeness (QED) is 0.175. The van der Waals surface area contributed by atoms with Crippen LogP contribution in [0.5, 0.6) is 0 Å². The van der Waals surface area contributed by atoms with Gasteiger partial charge in [0.2, 0.25) is 0 Å². The zero-order valence-corrected chi connectivity index (χ0v) is 33.8. The Morgan fingerprint density at radius 2 is 1.06 bits per heavy atom. The van der Waals surface area contributed by atoms with Crippen molar-refractivity contribution in [2.24, 2.45) is 9.98 Å². The van der Waals surface area contributed by atoms with E-state index in [0.717, 1.165) is 73.0 Å². The monoisotopic (exact) mass is 796 g/mol.